The summed E-state index contributed by atoms with van der Waals surface area (Å²) in [5.74, 6) is 0.440. The maximum atomic E-state index is 10.8. The first-order chi connectivity index (χ1) is 8.97. The van der Waals surface area contributed by atoms with Crippen LogP contribution in [0, 0.1) is 10.1 Å². The summed E-state index contributed by atoms with van der Waals surface area (Å²) >= 11 is 5.81. The summed E-state index contributed by atoms with van der Waals surface area (Å²) < 4.78 is 0. The third kappa shape index (κ3) is 3.09. The Bertz CT molecular complexity index is 609. The van der Waals surface area contributed by atoms with Crippen molar-refractivity contribution in [2.75, 3.05) is 0 Å². The fourth-order valence-corrected chi connectivity index (χ4v) is 1.98. The van der Waals surface area contributed by atoms with Gasteiger partial charge in [0.25, 0.3) is 5.69 Å². The zero-order valence-electron chi connectivity index (χ0n) is 10.6. The Morgan fingerprint density at radius 3 is 2.37 bits per heavy atom. The predicted molar refractivity (Wildman–Crippen MR) is 75.4 cm³/mol. The summed E-state index contributed by atoms with van der Waals surface area (Å²) in [4.78, 5) is 14.4. The Morgan fingerprint density at radius 1 is 1.21 bits per heavy atom. The minimum absolute atomic E-state index is 0.0528. The second kappa shape index (κ2) is 5.36. The number of pyridine rings is 1. The van der Waals surface area contributed by atoms with Gasteiger partial charge in [0, 0.05) is 11.6 Å². The van der Waals surface area contributed by atoms with Gasteiger partial charge in [0.05, 0.1) is 16.7 Å². The molecule has 98 valence electrons. The van der Waals surface area contributed by atoms with Gasteiger partial charge in [-0.25, -0.2) is 4.98 Å². The van der Waals surface area contributed by atoms with Crippen molar-refractivity contribution in [3.05, 3.63) is 57.2 Å². The molecule has 0 aliphatic heterocycles. The summed E-state index contributed by atoms with van der Waals surface area (Å²) in [6.45, 7) is 4.22. The van der Waals surface area contributed by atoms with Crippen LogP contribution in [0.5, 0.6) is 0 Å². The van der Waals surface area contributed by atoms with Gasteiger partial charge in [-0.15, -0.1) is 0 Å². The van der Waals surface area contributed by atoms with E-state index in [9.17, 15) is 10.1 Å². The molecule has 4 nitrogen and oxygen atoms in total. The highest BCUT2D eigenvalue weighted by atomic mass is 35.5. The van der Waals surface area contributed by atoms with E-state index in [1.807, 2.05) is 24.3 Å². The van der Waals surface area contributed by atoms with Crippen molar-refractivity contribution in [3.63, 3.8) is 0 Å². The zero-order valence-corrected chi connectivity index (χ0v) is 11.4. The lowest BCUT2D eigenvalue weighted by Crippen LogP contribution is -1.92. The van der Waals surface area contributed by atoms with Crippen LogP contribution in [0.3, 0.4) is 0 Å². The van der Waals surface area contributed by atoms with Gasteiger partial charge in [-0.2, -0.15) is 0 Å². The molecule has 0 aliphatic carbocycles. The van der Waals surface area contributed by atoms with E-state index in [-0.39, 0.29) is 10.8 Å². The van der Waals surface area contributed by atoms with E-state index in [1.165, 1.54) is 17.7 Å². The SMILES string of the molecule is CC(C)c1ccc(-c2cc([N+](=O)[O-])cc(Cl)n2)cc1. The zero-order chi connectivity index (χ0) is 14.0. The molecule has 0 saturated carbocycles. The number of hydrogen-bond acceptors (Lipinski definition) is 3. The van der Waals surface area contributed by atoms with Crippen LogP contribution in [-0.2, 0) is 0 Å². The molecule has 2 rings (SSSR count). The van der Waals surface area contributed by atoms with Crippen molar-refractivity contribution in [1.82, 2.24) is 4.98 Å². The van der Waals surface area contributed by atoms with Gasteiger partial charge in [0.15, 0.2) is 0 Å². The van der Waals surface area contributed by atoms with E-state index in [0.29, 0.717) is 11.6 Å². The molecule has 0 amide bonds. The minimum Gasteiger partial charge on any atom is -0.258 e. The Labute approximate surface area is 116 Å². The fourth-order valence-electron chi connectivity index (χ4n) is 1.78. The Kier molecular flexibility index (Phi) is 3.81. The topological polar surface area (TPSA) is 56.0 Å². The van der Waals surface area contributed by atoms with Crippen LogP contribution in [0.2, 0.25) is 5.15 Å². The second-order valence-corrected chi connectivity index (χ2v) is 4.95. The van der Waals surface area contributed by atoms with Gasteiger partial charge >= 0.3 is 0 Å². The molecule has 0 saturated heterocycles. The first kappa shape index (κ1) is 13.5. The summed E-state index contributed by atoms with van der Waals surface area (Å²) in [6.07, 6.45) is 0. The fraction of sp³-hybridized carbons (Fsp3) is 0.214. The second-order valence-electron chi connectivity index (χ2n) is 4.57. The number of benzene rings is 1. The first-order valence-electron chi connectivity index (χ1n) is 5.89. The third-order valence-corrected chi connectivity index (χ3v) is 3.06. The van der Waals surface area contributed by atoms with Crippen molar-refractivity contribution < 1.29 is 4.92 Å². The van der Waals surface area contributed by atoms with Crippen LogP contribution in [-0.4, -0.2) is 9.91 Å². The molecule has 0 atom stereocenters. The normalized spacial score (nSPS) is 10.7. The average molecular weight is 277 g/mol. The van der Waals surface area contributed by atoms with Crippen molar-refractivity contribution in [3.8, 4) is 11.3 Å². The maximum absolute atomic E-state index is 10.8. The van der Waals surface area contributed by atoms with E-state index >= 15 is 0 Å². The average Bonchev–Trinajstić information content (AvgIpc) is 2.38. The standard InChI is InChI=1S/C14H13ClN2O2/c1-9(2)10-3-5-11(6-4-10)13-7-12(17(18)19)8-14(15)16-13/h3-9H,1-2H3. The highest BCUT2D eigenvalue weighted by molar-refractivity contribution is 6.29. The molecule has 5 heteroatoms. The lowest BCUT2D eigenvalue weighted by molar-refractivity contribution is -0.384. The molecule has 0 N–H and O–H groups in total. The summed E-state index contributed by atoms with van der Waals surface area (Å²) in [5.41, 5.74) is 2.48. The van der Waals surface area contributed by atoms with Crippen LogP contribution < -0.4 is 0 Å². The van der Waals surface area contributed by atoms with Crippen molar-refractivity contribution in [2.45, 2.75) is 19.8 Å². The molecule has 0 spiro atoms. The first-order valence-corrected chi connectivity index (χ1v) is 6.27. The number of nitrogens with zero attached hydrogens (tertiary/aromatic N) is 2. The Balaban J connectivity index is 2.43. The summed E-state index contributed by atoms with van der Waals surface area (Å²) in [5, 5.41) is 10.9. The lowest BCUT2D eigenvalue weighted by atomic mass is 10.0. The number of aromatic nitrogens is 1. The molecule has 0 bridgehead atoms. The molecular weight excluding hydrogens is 264 g/mol. The van der Waals surface area contributed by atoms with Gasteiger partial charge in [0.1, 0.15) is 5.15 Å². The van der Waals surface area contributed by atoms with Crippen molar-refractivity contribution in [1.29, 1.82) is 0 Å². The largest absolute Gasteiger partial charge is 0.274 e. The molecule has 1 aromatic heterocycles. The Hall–Kier alpha value is -1.94. The highest BCUT2D eigenvalue weighted by Crippen LogP contribution is 2.26. The molecule has 0 radical (unpaired) electrons. The monoisotopic (exact) mass is 276 g/mol. The van der Waals surface area contributed by atoms with Crippen LogP contribution in [0.25, 0.3) is 11.3 Å². The van der Waals surface area contributed by atoms with E-state index in [2.05, 4.69) is 18.8 Å². The smallest absolute Gasteiger partial charge is 0.258 e. The van der Waals surface area contributed by atoms with Crippen molar-refractivity contribution in [2.24, 2.45) is 0 Å². The number of hydrogen-bond donors (Lipinski definition) is 0. The molecule has 0 aliphatic rings. The van der Waals surface area contributed by atoms with Crippen LogP contribution in [0.4, 0.5) is 5.69 Å². The number of halogens is 1. The predicted octanol–water partition coefficient (Wildman–Crippen LogP) is 4.43. The van der Waals surface area contributed by atoms with Gasteiger partial charge in [-0.3, -0.25) is 10.1 Å². The van der Waals surface area contributed by atoms with Crippen LogP contribution in [0.1, 0.15) is 25.3 Å². The van der Waals surface area contributed by atoms with Gasteiger partial charge in [-0.05, 0) is 11.5 Å². The highest BCUT2D eigenvalue weighted by Gasteiger charge is 2.11. The minimum atomic E-state index is -0.473. The Morgan fingerprint density at radius 2 is 1.84 bits per heavy atom. The summed E-state index contributed by atoms with van der Waals surface area (Å²) in [7, 11) is 0. The molecular formula is C14H13ClN2O2. The van der Waals surface area contributed by atoms with Gasteiger partial charge in [0.2, 0.25) is 0 Å². The molecule has 2 aromatic rings. The van der Waals surface area contributed by atoms with E-state index in [0.717, 1.165) is 5.56 Å². The van der Waals surface area contributed by atoms with Crippen molar-refractivity contribution >= 4 is 17.3 Å². The maximum Gasteiger partial charge on any atom is 0.274 e. The van der Waals surface area contributed by atoms with Crippen LogP contribution >= 0.6 is 11.6 Å². The van der Waals surface area contributed by atoms with Gasteiger partial charge < -0.3 is 0 Å². The third-order valence-electron chi connectivity index (χ3n) is 2.86. The molecule has 0 fully saturated rings. The molecule has 1 aromatic carbocycles. The summed E-state index contributed by atoms with van der Waals surface area (Å²) in [6, 6.07) is 10.5. The number of nitro groups is 1. The van der Waals surface area contributed by atoms with E-state index in [4.69, 9.17) is 11.6 Å². The van der Waals surface area contributed by atoms with Gasteiger partial charge in [-0.1, -0.05) is 49.7 Å². The van der Waals surface area contributed by atoms with E-state index < -0.39 is 4.92 Å². The molecule has 1 heterocycles. The quantitative estimate of drug-likeness (QED) is 0.473. The van der Waals surface area contributed by atoms with E-state index in [1.54, 1.807) is 0 Å². The molecule has 19 heavy (non-hydrogen) atoms. The lowest BCUT2D eigenvalue weighted by Gasteiger charge is -2.07. The number of rotatable bonds is 3. The van der Waals surface area contributed by atoms with Crippen LogP contribution in [0.15, 0.2) is 36.4 Å². The molecule has 0 unspecified atom stereocenters.